The van der Waals surface area contributed by atoms with Gasteiger partial charge in [-0.05, 0) is 59.1 Å². The smallest absolute Gasteiger partial charge is 0.265 e. The minimum Gasteiger partial charge on any atom is -0.483 e. The highest BCUT2D eigenvalue weighted by Crippen LogP contribution is 2.32. The number of amides is 1. The van der Waals surface area contributed by atoms with E-state index in [0.29, 0.717) is 10.2 Å². The van der Waals surface area contributed by atoms with Crippen molar-refractivity contribution in [2.24, 2.45) is 0 Å². The van der Waals surface area contributed by atoms with Crippen LogP contribution < -0.4 is 9.64 Å². The molecule has 0 aromatic heterocycles. The summed E-state index contributed by atoms with van der Waals surface area (Å²) < 4.78 is 19.1. The fourth-order valence-corrected chi connectivity index (χ4v) is 3.21. The number of anilines is 1. The lowest BCUT2D eigenvalue weighted by Crippen LogP contribution is -2.39. The first kappa shape index (κ1) is 15.0. The van der Waals surface area contributed by atoms with Crippen LogP contribution in [0.4, 0.5) is 10.1 Å². The summed E-state index contributed by atoms with van der Waals surface area (Å²) in [4.78, 5) is 14.3. The number of fused-ring (bicyclic) bond motifs is 1. The van der Waals surface area contributed by atoms with Crippen LogP contribution in [0.1, 0.15) is 12.5 Å². The highest BCUT2D eigenvalue weighted by atomic mass is 79.9. The number of carbonyl (C=O) groups is 1. The van der Waals surface area contributed by atoms with E-state index in [1.165, 1.54) is 23.8 Å². The van der Waals surface area contributed by atoms with Crippen molar-refractivity contribution in [1.82, 2.24) is 0 Å². The highest BCUT2D eigenvalue weighted by molar-refractivity contribution is 9.10. The lowest BCUT2D eigenvalue weighted by Gasteiger charge is -2.22. The Bertz CT molecular complexity index is 720. The molecule has 2 aromatic rings. The predicted octanol–water partition coefficient (Wildman–Crippen LogP) is 3.94. The SMILES string of the molecule is CC1Cc2ccccc2N1C(=O)COc1ccc(F)cc1Br. The van der Waals surface area contributed by atoms with Gasteiger partial charge in [0.2, 0.25) is 0 Å². The molecule has 22 heavy (non-hydrogen) atoms. The second kappa shape index (κ2) is 6.08. The van der Waals surface area contributed by atoms with E-state index in [4.69, 9.17) is 4.74 Å². The summed E-state index contributed by atoms with van der Waals surface area (Å²) in [6.45, 7) is 1.94. The molecule has 1 aliphatic heterocycles. The summed E-state index contributed by atoms with van der Waals surface area (Å²) in [7, 11) is 0. The Morgan fingerprint density at radius 3 is 2.91 bits per heavy atom. The van der Waals surface area contributed by atoms with E-state index < -0.39 is 0 Å². The van der Waals surface area contributed by atoms with Gasteiger partial charge in [0, 0.05) is 11.7 Å². The maximum Gasteiger partial charge on any atom is 0.265 e. The molecule has 5 heteroatoms. The first-order valence-electron chi connectivity index (χ1n) is 7.04. The maximum absolute atomic E-state index is 13.0. The molecular formula is C17H15BrFNO2. The molecule has 0 saturated carbocycles. The van der Waals surface area contributed by atoms with Gasteiger partial charge >= 0.3 is 0 Å². The molecule has 0 bridgehead atoms. The molecule has 0 fully saturated rings. The van der Waals surface area contributed by atoms with E-state index in [9.17, 15) is 9.18 Å². The van der Waals surface area contributed by atoms with Gasteiger partial charge in [0.15, 0.2) is 6.61 Å². The molecule has 1 aliphatic rings. The number of nitrogens with zero attached hydrogens (tertiary/aromatic N) is 1. The van der Waals surface area contributed by atoms with Crippen molar-refractivity contribution < 1.29 is 13.9 Å². The summed E-state index contributed by atoms with van der Waals surface area (Å²) in [5.74, 6) is -0.00351. The van der Waals surface area contributed by atoms with Crippen molar-refractivity contribution >= 4 is 27.5 Å². The maximum atomic E-state index is 13.0. The number of halogens is 2. The quantitative estimate of drug-likeness (QED) is 0.826. The minimum absolute atomic E-state index is 0.0804. The van der Waals surface area contributed by atoms with Crippen molar-refractivity contribution in [3.63, 3.8) is 0 Å². The van der Waals surface area contributed by atoms with Crippen LogP contribution in [-0.4, -0.2) is 18.6 Å². The van der Waals surface area contributed by atoms with Crippen LogP contribution in [0.2, 0.25) is 0 Å². The normalized spacial score (nSPS) is 16.5. The van der Waals surface area contributed by atoms with Gasteiger partial charge in [0.25, 0.3) is 5.91 Å². The van der Waals surface area contributed by atoms with Crippen molar-refractivity contribution in [3.05, 3.63) is 58.3 Å². The van der Waals surface area contributed by atoms with Crippen LogP contribution in [-0.2, 0) is 11.2 Å². The Hall–Kier alpha value is -1.88. The number of para-hydroxylation sites is 1. The molecular weight excluding hydrogens is 349 g/mol. The first-order chi connectivity index (χ1) is 10.6. The number of hydrogen-bond donors (Lipinski definition) is 0. The van der Waals surface area contributed by atoms with Crippen molar-refractivity contribution in [3.8, 4) is 5.75 Å². The second-order valence-electron chi connectivity index (χ2n) is 5.31. The van der Waals surface area contributed by atoms with E-state index >= 15 is 0 Å². The van der Waals surface area contributed by atoms with Crippen LogP contribution in [0.15, 0.2) is 46.9 Å². The van der Waals surface area contributed by atoms with Crippen LogP contribution in [0.25, 0.3) is 0 Å². The van der Waals surface area contributed by atoms with Gasteiger partial charge in [-0.15, -0.1) is 0 Å². The molecule has 1 atom stereocenters. The Morgan fingerprint density at radius 2 is 2.14 bits per heavy atom. The molecule has 0 radical (unpaired) electrons. The molecule has 3 rings (SSSR count). The Balaban J connectivity index is 1.72. The van der Waals surface area contributed by atoms with Gasteiger partial charge < -0.3 is 9.64 Å². The number of hydrogen-bond acceptors (Lipinski definition) is 2. The minimum atomic E-state index is -0.354. The van der Waals surface area contributed by atoms with Gasteiger partial charge in [-0.25, -0.2) is 4.39 Å². The fraction of sp³-hybridized carbons (Fsp3) is 0.235. The van der Waals surface area contributed by atoms with Crippen molar-refractivity contribution in [2.75, 3.05) is 11.5 Å². The molecule has 0 spiro atoms. The summed E-state index contributed by atoms with van der Waals surface area (Å²) in [6.07, 6.45) is 0.849. The van der Waals surface area contributed by atoms with Gasteiger partial charge in [0.1, 0.15) is 11.6 Å². The van der Waals surface area contributed by atoms with Crippen LogP contribution in [0.3, 0.4) is 0 Å². The Labute approximate surface area is 136 Å². The molecule has 3 nitrogen and oxygen atoms in total. The lowest BCUT2D eigenvalue weighted by molar-refractivity contribution is -0.120. The summed E-state index contributed by atoms with van der Waals surface area (Å²) >= 11 is 3.23. The van der Waals surface area contributed by atoms with E-state index in [2.05, 4.69) is 15.9 Å². The molecule has 114 valence electrons. The Morgan fingerprint density at radius 1 is 1.36 bits per heavy atom. The molecule has 1 heterocycles. The fourth-order valence-electron chi connectivity index (χ4n) is 2.75. The molecule has 0 saturated heterocycles. The van der Waals surface area contributed by atoms with Gasteiger partial charge in [-0.3, -0.25) is 4.79 Å². The predicted molar refractivity (Wildman–Crippen MR) is 86.7 cm³/mol. The zero-order chi connectivity index (χ0) is 15.7. The molecule has 1 amide bonds. The average Bonchev–Trinajstić information content (AvgIpc) is 2.82. The highest BCUT2D eigenvalue weighted by Gasteiger charge is 2.30. The molecule has 1 unspecified atom stereocenters. The third kappa shape index (κ3) is 2.86. The number of ether oxygens (including phenoxy) is 1. The number of benzene rings is 2. The number of carbonyl (C=O) groups excluding carboxylic acids is 1. The van der Waals surface area contributed by atoms with E-state index in [1.807, 2.05) is 31.2 Å². The van der Waals surface area contributed by atoms with Gasteiger partial charge in [-0.2, -0.15) is 0 Å². The Kier molecular flexibility index (Phi) is 4.16. The zero-order valence-electron chi connectivity index (χ0n) is 12.1. The van der Waals surface area contributed by atoms with Crippen molar-refractivity contribution in [1.29, 1.82) is 0 Å². The lowest BCUT2D eigenvalue weighted by atomic mass is 10.1. The van der Waals surface area contributed by atoms with Gasteiger partial charge in [-0.1, -0.05) is 18.2 Å². The molecule has 0 N–H and O–H groups in total. The standard InChI is InChI=1S/C17H15BrFNO2/c1-11-8-12-4-2-3-5-15(12)20(11)17(21)10-22-16-7-6-13(19)9-14(16)18/h2-7,9,11H,8,10H2,1H3. The summed E-state index contributed by atoms with van der Waals surface area (Å²) in [5.41, 5.74) is 2.12. The largest absolute Gasteiger partial charge is 0.483 e. The monoisotopic (exact) mass is 363 g/mol. The third-order valence-electron chi connectivity index (χ3n) is 3.72. The second-order valence-corrected chi connectivity index (χ2v) is 6.16. The van der Waals surface area contributed by atoms with Crippen LogP contribution in [0.5, 0.6) is 5.75 Å². The first-order valence-corrected chi connectivity index (χ1v) is 7.83. The summed E-state index contributed by atoms with van der Waals surface area (Å²) in [6, 6.07) is 12.1. The molecule has 0 aliphatic carbocycles. The van der Waals surface area contributed by atoms with Crippen molar-refractivity contribution in [2.45, 2.75) is 19.4 Å². The van der Waals surface area contributed by atoms with Crippen LogP contribution >= 0.6 is 15.9 Å². The van der Waals surface area contributed by atoms with Crippen LogP contribution in [0, 0.1) is 5.82 Å². The summed E-state index contributed by atoms with van der Waals surface area (Å²) in [5, 5.41) is 0. The third-order valence-corrected chi connectivity index (χ3v) is 4.34. The van der Waals surface area contributed by atoms with E-state index in [1.54, 1.807) is 4.90 Å². The molecule has 2 aromatic carbocycles. The van der Waals surface area contributed by atoms with E-state index in [0.717, 1.165) is 12.1 Å². The number of rotatable bonds is 3. The zero-order valence-corrected chi connectivity index (χ0v) is 13.6. The topological polar surface area (TPSA) is 29.5 Å². The van der Waals surface area contributed by atoms with Gasteiger partial charge in [0.05, 0.1) is 4.47 Å². The van der Waals surface area contributed by atoms with E-state index in [-0.39, 0.29) is 24.4 Å². The average molecular weight is 364 g/mol.